The van der Waals surface area contributed by atoms with Crippen molar-refractivity contribution in [1.29, 1.82) is 0 Å². The van der Waals surface area contributed by atoms with E-state index in [1.54, 1.807) is 14.2 Å². The van der Waals surface area contributed by atoms with Crippen molar-refractivity contribution in [3.8, 4) is 5.75 Å². The van der Waals surface area contributed by atoms with Crippen molar-refractivity contribution in [3.05, 3.63) is 29.8 Å². The Bertz CT molecular complexity index is 488. The molecule has 1 aliphatic rings. The lowest BCUT2D eigenvalue weighted by Gasteiger charge is -2.26. The predicted octanol–water partition coefficient (Wildman–Crippen LogP) is 2.00. The molecular formula is C17H25NO4. The molecule has 1 saturated heterocycles. The van der Waals surface area contributed by atoms with Crippen molar-refractivity contribution in [3.63, 3.8) is 0 Å². The first-order chi connectivity index (χ1) is 10.6. The Morgan fingerprint density at radius 3 is 2.59 bits per heavy atom. The molecule has 2 rings (SSSR count). The van der Waals surface area contributed by atoms with E-state index in [4.69, 9.17) is 9.47 Å². The SMILES string of the molecule is COCC[C@@H](O)[C@@H]1CC(=O)N([C@H](C)c2ccc(OC)cc2)C1. The van der Waals surface area contributed by atoms with E-state index in [-0.39, 0.29) is 17.9 Å². The van der Waals surface area contributed by atoms with Crippen LogP contribution in [0.2, 0.25) is 0 Å². The van der Waals surface area contributed by atoms with Gasteiger partial charge in [0, 0.05) is 32.6 Å². The topological polar surface area (TPSA) is 59.0 Å². The van der Waals surface area contributed by atoms with Crippen LogP contribution in [0.1, 0.15) is 31.4 Å². The van der Waals surface area contributed by atoms with Crippen LogP contribution < -0.4 is 4.74 Å². The maximum absolute atomic E-state index is 12.3. The van der Waals surface area contributed by atoms with Gasteiger partial charge in [0.05, 0.1) is 19.3 Å². The second kappa shape index (κ2) is 7.61. The summed E-state index contributed by atoms with van der Waals surface area (Å²) in [6.07, 6.45) is 0.488. The molecule has 1 aromatic carbocycles. The molecule has 122 valence electrons. The number of rotatable bonds is 7. The summed E-state index contributed by atoms with van der Waals surface area (Å²) in [4.78, 5) is 14.1. The zero-order valence-corrected chi connectivity index (χ0v) is 13.5. The van der Waals surface area contributed by atoms with Gasteiger partial charge in [0.25, 0.3) is 0 Å². The first-order valence-corrected chi connectivity index (χ1v) is 7.67. The van der Waals surface area contributed by atoms with Crippen LogP contribution in [0.5, 0.6) is 5.75 Å². The van der Waals surface area contributed by atoms with E-state index >= 15 is 0 Å². The number of carbonyl (C=O) groups excluding carboxylic acids is 1. The summed E-state index contributed by atoms with van der Waals surface area (Å²) in [6, 6.07) is 7.75. The third kappa shape index (κ3) is 3.78. The molecular weight excluding hydrogens is 282 g/mol. The summed E-state index contributed by atoms with van der Waals surface area (Å²) in [6.45, 7) is 3.13. The number of benzene rings is 1. The van der Waals surface area contributed by atoms with Gasteiger partial charge in [0.15, 0.2) is 0 Å². The van der Waals surface area contributed by atoms with Crippen molar-refractivity contribution < 1.29 is 19.4 Å². The van der Waals surface area contributed by atoms with Crippen molar-refractivity contribution >= 4 is 5.91 Å². The minimum Gasteiger partial charge on any atom is -0.497 e. The fraction of sp³-hybridized carbons (Fsp3) is 0.588. The molecule has 5 nitrogen and oxygen atoms in total. The molecule has 1 heterocycles. The number of carbonyl (C=O) groups is 1. The molecule has 0 radical (unpaired) electrons. The van der Waals surface area contributed by atoms with Crippen LogP contribution in [0.15, 0.2) is 24.3 Å². The number of hydrogen-bond donors (Lipinski definition) is 1. The Morgan fingerprint density at radius 1 is 1.32 bits per heavy atom. The molecule has 0 aliphatic carbocycles. The van der Waals surface area contributed by atoms with Crippen molar-refractivity contribution in [2.24, 2.45) is 5.92 Å². The third-order valence-corrected chi connectivity index (χ3v) is 4.42. The molecule has 1 aliphatic heterocycles. The fourth-order valence-corrected chi connectivity index (χ4v) is 2.93. The third-order valence-electron chi connectivity index (χ3n) is 4.42. The highest BCUT2D eigenvalue weighted by atomic mass is 16.5. The molecule has 3 atom stereocenters. The molecule has 5 heteroatoms. The van der Waals surface area contributed by atoms with Gasteiger partial charge < -0.3 is 19.5 Å². The highest BCUT2D eigenvalue weighted by molar-refractivity contribution is 5.79. The zero-order valence-electron chi connectivity index (χ0n) is 13.5. The minimum absolute atomic E-state index is 0.00182. The first kappa shape index (κ1) is 16.8. The molecule has 1 N–H and O–H groups in total. The van der Waals surface area contributed by atoms with Crippen molar-refractivity contribution in [2.45, 2.75) is 31.9 Å². The maximum atomic E-state index is 12.3. The van der Waals surface area contributed by atoms with Gasteiger partial charge in [-0.05, 0) is 31.0 Å². The van der Waals surface area contributed by atoms with Crippen molar-refractivity contribution in [1.82, 2.24) is 4.90 Å². The number of aliphatic hydroxyl groups is 1. The van der Waals surface area contributed by atoms with E-state index < -0.39 is 6.10 Å². The monoisotopic (exact) mass is 307 g/mol. The zero-order chi connectivity index (χ0) is 16.1. The smallest absolute Gasteiger partial charge is 0.223 e. The molecule has 0 saturated carbocycles. The average Bonchev–Trinajstić information content (AvgIpc) is 2.94. The van der Waals surface area contributed by atoms with E-state index in [1.807, 2.05) is 36.1 Å². The number of methoxy groups -OCH3 is 2. The second-order valence-electron chi connectivity index (χ2n) is 5.81. The standard InChI is InChI=1S/C17H25NO4/c1-12(13-4-6-15(22-3)7-5-13)18-11-14(10-17(18)20)16(19)8-9-21-2/h4-7,12,14,16,19H,8-11H2,1-3H3/t12-,14-,16-/m1/s1. The summed E-state index contributed by atoms with van der Waals surface area (Å²) in [5, 5.41) is 10.2. The summed E-state index contributed by atoms with van der Waals surface area (Å²) in [5.41, 5.74) is 1.07. The van der Waals surface area contributed by atoms with Gasteiger partial charge >= 0.3 is 0 Å². The maximum Gasteiger partial charge on any atom is 0.223 e. The van der Waals surface area contributed by atoms with Gasteiger partial charge in [-0.15, -0.1) is 0 Å². The van der Waals surface area contributed by atoms with Crippen LogP contribution in [0.3, 0.4) is 0 Å². The molecule has 0 bridgehead atoms. The summed E-state index contributed by atoms with van der Waals surface area (Å²) in [7, 11) is 3.25. The lowest BCUT2D eigenvalue weighted by atomic mass is 9.99. The van der Waals surface area contributed by atoms with Crippen LogP contribution in [0.4, 0.5) is 0 Å². The van der Waals surface area contributed by atoms with E-state index in [0.29, 0.717) is 26.0 Å². The van der Waals surface area contributed by atoms with E-state index in [2.05, 4.69) is 0 Å². The summed E-state index contributed by atoms with van der Waals surface area (Å²) >= 11 is 0. The van der Waals surface area contributed by atoms with Gasteiger partial charge in [0.1, 0.15) is 5.75 Å². The Hall–Kier alpha value is -1.59. The molecule has 0 spiro atoms. The summed E-state index contributed by atoms with van der Waals surface area (Å²) < 4.78 is 10.2. The summed E-state index contributed by atoms with van der Waals surface area (Å²) in [5.74, 6) is 0.893. The number of hydrogen-bond acceptors (Lipinski definition) is 4. The van der Waals surface area contributed by atoms with Crippen LogP contribution in [-0.4, -0.2) is 49.4 Å². The van der Waals surface area contributed by atoms with Gasteiger partial charge in [-0.2, -0.15) is 0 Å². The van der Waals surface area contributed by atoms with E-state index in [0.717, 1.165) is 11.3 Å². The van der Waals surface area contributed by atoms with Crippen LogP contribution in [0, 0.1) is 5.92 Å². The van der Waals surface area contributed by atoms with E-state index in [1.165, 1.54) is 0 Å². The van der Waals surface area contributed by atoms with Gasteiger partial charge in [-0.25, -0.2) is 0 Å². The number of ether oxygens (including phenoxy) is 2. The van der Waals surface area contributed by atoms with Crippen molar-refractivity contribution in [2.75, 3.05) is 27.4 Å². The van der Waals surface area contributed by atoms with Crippen LogP contribution in [-0.2, 0) is 9.53 Å². The number of aliphatic hydroxyl groups excluding tert-OH is 1. The molecule has 0 unspecified atom stereocenters. The predicted molar refractivity (Wildman–Crippen MR) is 83.7 cm³/mol. The molecule has 0 aromatic heterocycles. The number of likely N-dealkylation sites (tertiary alicyclic amines) is 1. The Balaban J connectivity index is 2.00. The molecule has 1 fully saturated rings. The van der Waals surface area contributed by atoms with Gasteiger partial charge in [-0.3, -0.25) is 4.79 Å². The van der Waals surface area contributed by atoms with Crippen LogP contribution >= 0.6 is 0 Å². The minimum atomic E-state index is -0.489. The lowest BCUT2D eigenvalue weighted by molar-refractivity contribution is -0.129. The molecule has 1 amide bonds. The highest BCUT2D eigenvalue weighted by Crippen LogP contribution is 2.31. The number of nitrogens with zero attached hydrogens (tertiary/aromatic N) is 1. The first-order valence-electron chi connectivity index (χ1n) is 7.67. The Morgan fingerprint density at radius 2 is 2.00 bits per heavy atom. The van der Waals surface area contributed by atoms with E-state index in [9.17, 15) is 9.90 Å². The fourth-order valence-electron chi connectivity index (χ4n) is 2.93. The normalized spacial score (nSPS) is 21.0. The lowest BCUT2D eigenvalue weighted by Crippen LogP contribution is -2.30. The number of amides is 1. The van der Waals surface area contributed by atoms with Crippen LogP contribution in [0.25, 0.3) is 0 Å². The average molecular weight is 307 g/mol. The highest BCUT2D eigenvalue weighted by Gasteiger charge is 2.36. The Labute approximate surface area is 131 Å². The Kier molecular flexibility index (Phi) is 5.80. The second-order valence-corrected chi connectivity index (χ2v) is 5.81. The molecule has 22 heavy (non-hydrogen) atoms. The molecule has 1 aromatic rings. The van der Waals surface area contributed by atoms with Gasteiger partial charge in [-0.1, -0.05) is 12.1 Å². The largest absolute Gasteiger partial charge is 0.497 e. The quantitative estimate of drug-likeness (QED) is 0.837. The van der Waals surface area contributed by atoms with Gasteiger partial charge in [0.2, 0.25) is 5.91 Å².